The summed E-state index contributed by atoms with van der Waals surface area (Å²) in [5, 5.41) is 4.37. The first-order chi connectivity index (χ1) is 6.93. The molecule has 0 saturated carbocycles. The molecule has 2 heterocycles. The van der Waals surface area contributed by atoms with Crippen molar-refractivity contribution in [3.05, 3.63) is 35.5 Å². The minimum atomic E-state index is 0.909. The van der Waals surface area contributed by atoms with Crippen molar-refractivity contribution in [2.45, 2.75) is 0 Å². The van der Waals surface area contributed by atoms with Gasteiger partial charge < -0.3 is 5.32 Å². The molecule has 0 atom stereocenters. The maximum atomic E-state index is 4.36. The summed E-state index contributed by atoms with van der Waals surface area (Å²) in [6.45, 7) is 0. The number of para-hydroxylation sites is 2. The third-order valence-corrected chi connectivity index (χ3v) is 2.83. The average molecular weight is 201 g/mol. The van der Waals surface area contributed by atoms with Gasteiger partial charge in [-0.05, 0) is 12.1 Å². The van der Waals surface area contributed by atoms with Crippen LogP contribution in [0.2, 0.25) is 0 Å². The fourth-order valence-electron chi connectivity index (χ4n) is 1.39. The minimum absolute atomic E-state index is 0.909. The Hall–Kier alpha value is -1.68. The van der Waals surface area contributed by atoms with E-state index in [1.54, 1.807) is 17.6 Å². The molecule has 2 aromatic rings. The van der Waals surface area contributed by atoms with Crippen LogP contribution in [0.1, 0.15) is 5.69 Å². The highest BCUT2D eigenvalue weighted by molar-refractivity contribution is 7.14. The lowest BCUT2D eigenvalue weighted by atomic mass is 10.3. The molecule has 0 spiro atoms. The molecular formula is C10H7N3S. The molecule has 0 amide bonds. The summed E-state index contributed by atoms with van der Waals surface area (Å²) in [5.74, 6) is 0. The van der Waals surface area contributed by atoms with E-state index in [2.05, 4.69) is 15.3 Å². The van der Waals surface area contributed by atoms with Crippen molar-refractivity contribution in [3.63, 3.8) is 0 Å². The Bertz CT molecular complexity index is 502. The van der Waals surface area contributed by atoms with E-state index in [0.29, 0.717) is 0 Å². The SMILES string of the molecule is C1=Nc2ccccc2Nc2scnc21. The zero-order valence-electron chi connectivity index (χ0n) is 7.27. The fourth-order valence-corrected chi connectivity index (χ4v) is 2.05. The van der Waals surface area contributed by atoms with Crippen LogP contribution >= 0.6 is 11.3 Å². The van der Waals surface area contributed by atoms with Gasteiger partial charge >= 0.3 is 0 Å². The van der Waals surface area contributed by atoms with Crippen LogP contribution in [-0.2, 0) is 0 Å². The number of fused-ring (bicyclic) bond motifs is 2. The van der Waals surface area contributed by atoms with E-state index < -0.39 is 0 Å². The summed E-state index contributed by atoms with van der Waals surface area (Å²) < 4.78 is 0. The van der Waals surface area contributed by atoms with E-state index >= 15 is 0 Å². The van der Waals surface area contributed by atoms with Crippen molar-refractivity contribution in [1.82, 2.24) is 4.98 Å². The first-order valence-electron chi connectivity index (χ1n) is 4.27. The summed E-state index contributed by atoms with van der Waals surface area (Å²) in [6, 6.07) is 7.97. The van der Waals surface area contributed by atoms with Crippen LogP contribution < -0.4 is 5.32 Å². The van der Waals surface area contributed by atoms with Gasteiger partial charge in [0.1, 0.15) is 10.7 Å². The first kappa shape index (κ1) is 7.70. The Morgan fingerprint density at radius 1 is 1.21 bits per heavy atom. The monoisotopic (exact) mass is 201 g/mol. The van der Waals surface area contributed by atoms with E-state index in [1.165, 1.54) is 0 Å². The summed E-state index contributed by atoms with van der Waals surface area (Å²) in [7, 11) is 0. The van der Waals surface area contributed by atoms with E-state index in [4.69, 9.17) is 0 Å². The zero-order chi connectivity index (χ0) is 9.38. The second kappa shape index (κ2) is 2.92. The molecule has 0 bridgehead atoms. The van der Waals surface area contributed by atoms with Crippen LogP contribution in [0.5, 0.6) is 0 Å². The predicted octanol–water partition coefficient (Wildman–Crippen LogP) is 2.95. The van der Waals surface area contributed by atoms with E-state index in [1.807, 2.05) is 29.8 Å². The Balaban J connectivity index is 2.19. The van der Waals surface area contributed by atoms with Crippen molar-refractivity contribution in [3.8, 4) is 0 Å². The largest absolute Gasteiger partial charge is 0.344 e. The van der Waals surface area contributed by atoms with Gasteiger partial charge in [0, 0.05) is 0 Å². The van der Waals surface area contributed by atoms with Gasteiger partial charge in [0.25, 0.3) is 0 Å². The Kier molecular flexibility index (Phi) is 1.61. The quantitative estimate of drug-likeness (QED) is 0.607. The lowest BCUT2D eigenvalue weighted by molar-refractivity contribution is 1.39. The average Bonchev–Trinajstić information content (AvgIpc) is 2.58. The maximum absolute atomic E-state index is 4.36. The molecule has 3 rings (SSSR count). The van der Waals surface area contributed by atoms with E-state index in [-0.39, 0.29) is 0 Å². The summed E-state index contributed by atoms with van der Waals surface area (Å²) in [4.78, 5) is 8.56. The van der Waals surface area contributed by atoms with Crippen LogP contribution in [0.4, 0.5) is 16.4 Å². The molecule has 0 radical (unpaired) electrons. The Labute approximate surface area is 85.2 Å². The van der Waals surface area contributed by atoms with Crippen molar-refractivity contribution in [2.24, 2.45) is 4.99 Å². The van der Waals surface area contributed by atoms with Crippen LogP contribution in [0, 0.1) is 0 Å². The topological polar surface area (TPSA) is 37.3 Å². The van der Waals surface area contributed by atoms with Gasteiger partial charge in [-0.3, -0.25) is 4.99 Å². The Morgan fingerprint density at radius 2 is 2.14 bits per heavy atom. The first-order valence-corrected chi connectivity index (χ1v) is 5.15. The molecule has 1 aliphatic rings. The highest BCUT2D eigenvalue weighted by Crippen LogP contribution is 2.33. The number of aliphatic imine (C=N–C) groups is 1. The molecule has 4 heteroatoms. The number of nitrogens with one attached hydrogen (secondary N) is 1. The van der Waals surface area contributed by atoms with Gasteiger partial charge in [0.05, 0.1) is 23.1 Å². The van der Waals surface area contributed by atoms with Gasteiger partial charge in [0.2, 0.25) is 0 Å². The van der Waals surface area contributed by atoms with Crippen LogP contribution in [0.15, 0.2) is 34.8 Å². The zero-order valence-corrected chi connectivity index (χ0v) is 8.08. The molecule has 0 aliphatic carbocycles. The number of hydrogen-bond acceptors (Lipinski definition) is 4. The normalized spacial score (nSPS) is 12.6. The molecule has 1 aromatic heterocycles. The maximum Gasteiger partial charge on any atom is 0.122 e. The molecule has 1 N–H and O–H groups in total. The molecular weight excluding hydrogens is 194 g/mol. The standard InChI is InChI=1S/C10H7N3S/c1-2-4-8-7(3-1)11-5-9-10(13-8)14-6-12-9/h1-6,13H. The van der Waals surface area contributed by atoms with Crippen molar-refractivity contribution < 1.29 is 0 Å². The van der Waals surface area contributed by atoms with Crippen LogP contribution in [0.25, 0.3) is 0 Å². The van der Waals surface area contributed by atoms with Gasteiger partial charge in [-0.2, -0.15) is 0 Å². The van der Waals surface area contributed by atoms with Crippen molar-refractivity contribution >= 4 is 33.9 Å². The smallest absolute Gasteiger partial charge is 0.122 e. The molecule has 1 aliphatic heterocycles. The molecule has 0 saturated heterocycles. The number of benzene rings is 1. The Morgan fingerprint density at radius 3 is 3.14 bits per heavy atom. The number of rotatable bonds is 0. The predicted molar refractivity (Wildman–Crippen MR) is 59.1 cm³/mol. The molecule has 0 unspecified atom stereocenters. The van der Waals surface area contributed by atoms with Crippen molar-refractivity contribution in [2.75, 3.05) is 5.32 Å². The second-order valence-corrected chi connectivity index (χ2v) is 3.82. The second-order valence-electron chi connectivity index (χ2n) is 2.97. The molecule has 1 aromatic carbocycles. The van der Waals surface area contributed by atoms with Gasteiger partial charge in [-0.1, -0.05) is 12.1 Å². The van der Waals surface area contributed by atoms with Gasteiger partial charge in [-0.15, -0.1) is 11.3 Å². The highest BCUT2D eigenvalue weighted by Gasteiger charge is 2.10. The third-order valence-electron chi connectivity index (χ3n) is 2.07. The number of aromatic nitrogens is 1. The van der Waals surface area contributed by atoms with Gasteiger partial charge in [0.15, 0.2) is 0 Å². The summed E-state index contributed by atoms with van der Waals surface area (Å²) >= 11 is 1.59. The van der Waals surface area contributed by atoms with Crippen molar-refractivity contribution in [1.29, 1.82) is 0 Å². The number of thiazole rings is 1. The summed E-state index contributed by atoms with van der Waals surface area (Å²) in [6.07, 6.45) is 1.80. The molecule has 3 nitrogen and oxygen atoms in total. The van der Waals surface area contributed by atoms with Crippen LogP contribution in [0.3, 0.4) is 0 Å². The van der Waals surface area contributed by atoms with E-state index in [9.17, 15) is 0 Å². The number of anilines is 2. The minimum Gasteiger partial charge on any atom is -0.344 e. The molecule has 68 valence electrons. The molecule has 14 heavy (non-hydrogen) atoms. The number of hydrogen-bond donors (Lipinski definition) is 1. The highest BCUT2D eigenvalue weighted by atomic mass is 32.1. The number of nitrogens with zero attached hydrogens (tertiary/aromatic N) is 2. The van der Waals surface area contributed by atoms with E-state index in [0.717, 1.165) is 22.1 Å². The lowest BCUT2D eigenvalue weighted by Crippen LogP contribution is -1.88. The fraction of sp³-hybridized carbons (Fsp3) is 0. The summed E-state index contributed by atoms with van der Waals surface area (Å²) in [5.41, 5.74) is 4.72. The van der Waals surface area contributed by atoms with Crippen LogP contribution in [-0.4, -0.2) is 11.2 Å². The van der Waals surface area contributed by atoms with Gasteiger partial charge in [-0.25, -0.2) is 4.98 Å². The molecule has 0 fully saturated rings. The lowest BCUT2D eigenvalue weighted by Gasteiger charge is -2.03. The third kappa shape index (κ3) is 1.12.